The van der Waals surface area contributed by atoms with Gasteiger partial charge in [-0.3, -0.25) is 0 Å². The summed E-state index contributed by atoms with van der Waals surface area (Å²) in [5.74, 6) is -3.88. The second-order valence-electron chi connectivity index (χ2n) is 4.82. The van der Waals surface area contributed by atoms with Crippen molar-refractivity contribution >= 4 is 28.6 Å². The molecule has 0 aromatic heterocycles. The summed E-state index contributed by atoms with van der Waals surface area (Å²) in [6.07, 6.45) is 0. The van der Waals surface area contributed by atoms with Crippen molar-refractivity contribution in [3.05, 3.63) is 51.6 Å². The number of carbonyl (C=O) groups excluding carboxylic acids is 1. The summed E-state index contributed by atoms with van der Waals surface area (Å²) < 4.78 is 36.8. The van der Waals surface area contributed by atoms with Gasteiger partial charge in [0.15, 0.2) is 0 Å². The minimum absolute atomic E-state index is 0.0395. The Bertz CT molecular complexity index is 659. The van der Waals surface area contributed by atoms with E-state index in [1.165, 1.54) is 12.1 Å². The van der Waals surface area contributed by atoms with Gasteiger partial charge in [-0.05, 0) is 77.5 Å². The summed E-state index contributed by atoms with van der Waals surface area (Å²) in [5.41, 5.74) is 1.07. The molecular weight excluding hydrogens is 405 g/mol. The molecule has 0 aliphatic heterocycles. The molecule has 22 heavy (non-hydrogen) atoms. The lowest BCUT2D eigenvalue weighted by atomic mass is 10.2. The van der Waals surface area contributed by atoms with Crippen molar-refractivity contribution < 1.29 is 23.0 Å². The maximum atomic E-state index is 12.7. The van der Waals surface area contributed by atoms with Gasteiger partial charge in [0.25, 0.3) is 0 Å². The lowest BCUT2D eigenvalue weighted by Gasteiger charge is -2.11. The fourth-order valence-electron chi connectivity index (χ4n) is 1.67. The monoisotopic (exact) mass is 418 g/mol. The number of halogens is 3. The zero-order valence-corrected chi connectivity index (χ0v) is 14.1. The molecule has 0 aliphatic carbocycles. The number of benzene rings is 2. The molecule has 0 atom stereocenters. The Balaban J connectivity index is 2.07. The van der Waals surface area contributed by atoms with E-state index in [9.17, 15) is 13.6 Å². The SMILES string of the molecule is Cc1cc(I)cc(Oc2ccc(OC(=O)C(C)(F)F)cc2)c1. The smallest absolute Gasteiger partial charge is 0.382 e. The van der Waals surface area contributed by atoms with Crippen LogP contribution in [0.2, 0.25) is 0 Å². The molecule has 3 nitrogen and oxygen atoms in total. The second-order valence-corrected chi connectivity index (χ2v) is 6.06. The fraction of sp³-hybridized carbons (Fsp3) is 0.188. The third kappa shape index (κ3) is 4.66. The minimum Gasteiger partial charge on any atom is -0.457 e. The summed E-state index contributed by atoms with van der Waals surface area (Å²) in [6.45, 7) is 2.45. The average Bonchev–Trinajstić information content (AvgIpc) is 2.38. The molecule has 0 amide bonds. The number of esters is 1. The van der Waals surface area contributed by atoms with Crippen LogP contribution in [-0.4, -0.2) is 11.9 Å². The van der Waals surface area contributed by atoms with E-state index in [0.717, 1.165) is 9.13 Å². The minimum atomic E-state index is -3.52. The Kier molecular flexibility index (Phi) is 5.00. The predicted molar refractivity (Wildman–Crippen MR) is 86.7 cm³/mol. The first-order chi connectivity index (χ1) is 10.2. The molecule has 0 unspecified atom stereocenters. The van der Waals surface area contributed by atoms with Crippen LogP contribution in [0.15, 0.2) is 42.5 Å². The van der Waals surface area contributed by atoms with Crippen LogP contribution in [0.1, 0.15) is 12.5 Å². The molecule has 0 radical (unpaired) electrons. The molecule has 0 bridgehead atoms. The van der Waals surface area contributed by atoms with E-state index in [1.807, 2.05) is 25.1 Å². The number of aryl methyl sites for hydroxylation is 1. The Morgan fingerprint density at radius 3 is 2.18 bits per heavy atom. The number of hydrogen-bond acceptors (Lipinski definition) is 3. The third-order valence-electron chi connectivity index (χ3n) is 2.64. The first-order valence-corrected chi connectivity index (χ1v) is 7.47. The van der Waals surface area contributed by atoms with Gasteiger partial charge in [0.05, 0.1) is 0 Å². The summed E-state index contributed by atoms with van der Waals surface area (Å²) >= 11 is 2.19. The summed E-state index contributed by atoms with van der Waals surface area (Å²) in [7, 11) is 0. The largest absolute Gasteiger partial charge is 0.457 e. The van der Waals surface area contributed by atoms with Crippen LogP contribution in [0.5, 0.6) is 17.2 Å². The Morgan fingerprint density at radius 2 is 1.64 bits per heavy atom. The Labute approximate surface area is 140 Å². The van der Waals surface area contributed by atoms with E-state index in [2.05, 4.69) is 27.3 Å². The van der Waals surface area contributed by atoms with Gasteiger partial charge in [0, 0.05) is 10.5 Å². The lowest BCUT2D eigenvalue weighted by molar-refractivity contribution is -0.158. The van der Waals surface area contributed by atoms with Gasteiger partial charge in [-0.1, -0.05) is 0 Å². The van der Waals surface area contributed by atoms with E-state index in [4.69, 9.17) is 4.74 Å². The van der Waals surface area contributed by atoms with Gasteiger partial charge in [-0.15, -0.1) is 0 Å². The highest BCUT2D eigenvalue weighted by Crippen LogP contribution is 2.27. The van der Waals surface area contributed by atoms with Gasteiger partial charge in [0.2, 0.25) is 0 Å². The summed E-state index contributed by atoms with van der Waals surface area (Å²) in [4.78, 5) is 11.1. The van der Waals surface area contributed by atoms with Gasteiger partial charge in [0.1, 0.15) is 17.2 Å². The summed E-state index contributed by atoms with van der Waals surface area (Å²) in [6, 6.07) is 11.7. The van der Waals surface area contributed by atoms with E-state index >= 15 is 0 Å². The van der Waals surface area contributed by atoms with Gasteiger partial charge >= 0.3 is 11.9 Å². The highest BCUT2D eigenvalue weighted by atomic mass is 127. The van der Waals surface area contributed by atoms with Crippen molar-refractivity contribution in [2.24, 2.45) is 0 Å². The van der Waals surface area contributed by atoms with Crippen LogP contribution in [0, 0.1) is 10.5 Å². The van der Waals surface area contributed by atoms with Crippen molar-refractivity contribution in [1.29, 1.82) is 0 Å². The number of hydrogen-bond donors (Lipinski definition) is 0. The highest BCUT2D eigenvalue weighted by molar-refractivity contribution is 14.1. The number of ether oxygens (including phenoxy) is 2. The fourth-order valence-corrected chi connectivity index (χ4v) is 2.47. The lowest BCUT2D eigenvalue weighted by Crippen LogP contribution is -2.29. The van der Waals surface area contributed by atoms with Crippen LogP contribution in [0.3, 0.4) is 0 Å². The van der Waals surface area contributed by atoms with Crippen molar-refractivity contribution in [1.82, 2.24) is 0 Å². The van der Waals surface area contributed by atoms with E-state index in [1.54, 1.807) is 12.1 Å². The van der Waals surface area contributed by atoms with Crippen LogP contribution < -0.4 is 9.47 Å². The first kappa shape index (κ1) is 16.7. The van der Waals surface area contributed by atoms with Crippen molar-refractivity contribution in [3.8, 4) is 17.2 Å². The standard InChI is InChI=1S/C16H13F2IO3/c1-10-7-11(19)9-14(8-10)21-12-3-5-13(6-4-12)22-15(20)16(2,17)18/h3-9H,1-2H3. The topological polar surface area (TPSA) is 35.5 Å². The zero-order valence-electron chi connectivity index (χ0n) is 11.9. The molecule has 2 aromatic rings. The van der Waals surface area contributed by atoms with E-state index in [0.29, 0.717) is 18.4 Å². The van der Waals surface area contributed by atoms with Crippen molar-refractivity contribution in [2.45, 2.75) is 19.8 Å². The molecule has 0 spiro atoms. The first-order valence-electron chi connectivity index (χ1n) is 6.39. The van der Waals surface area contributed by atoms with Crippen molar-refractivity contribution in [3.63, 3.8) is 0 Å². The maximum absolute atomic E-state index is 12.7. The molecule has 0 heterocycles. The molecule has 0 fully saturated rings. The Morgan fingerprint density at radius 1 is 1.05 bits per heavy atom. The van der Waals surface area contributed by atoms with Gasteiger partial charge in [-0.2, -0.15) is 8.78 Å². The van der Waals surface area contributed by atoms with E-state index in [-0.39, 0.29) is 5.75 Å². The van der Waals surface area contributed by atoms with Crippen LogP contribution >= 0.6 is 22.6 Å². The number of carbonyl (C=O) groups is 1. The zero-order chi connectivity index (χ0) is 16.3. The molecule has 6 heteroatoms. The maximum Gasteiger partial charge on any atom is 0.382 e. The normalized spacial score (nSPS) is 11.1. The summed E-state index contributed by atoms with van der Waals surface area (Å²) in [5, 5.41) is 0. The molecule has 2 aromatic carbocycles. The number of alkyl halides is 2. The molecule has 0 saturated carbocycles. The second kappa shape index (κ2) is 6.60. The van der Waals surface area contributed by atoms with Crippen LogP contribution in [0.4, 0.5) is 8.78 Å². The number of rotatable bonds is 4. The third-order valence-corrected chi connectivity index (χ3v) is 3.27. The predicted octanol–water partition coefficient (Wildman–Crippen LogP) is 4.95. The van der Waals surface area contributed by atoms with Gasteiger partial charge in [-0.25, -0.2) is 4.79 Å². The molecule has 116 valence electrons. The Hall–Kier alpha value is -1.70. The average molecular weight is 418 g/mol. The van der Waals surface area contributed by atoms with Crippen molar-refractivity contribution in [2.75, 3.05) is 0 Å². The molecule has 0 saturated heterocycles. The molecule has 2 rings (SSSR count). The van der Waals surface area contributed by atoms with Crippen LogP contribution in [-0.2, 0) is 4.79 Å². The van der Waals surface area contributed by atoms with Crippen LogP contribution in [0.25, 0.3) is 0 Å². The molecule has 0 N–H and O–H groups in total. The highest BCUT2D eigenvalue weighted by Gasteiger charge is 2.34. The molecule has 0 aliphatic rings. The van der Waals surface area contributed by atoms with Gasteiger partial charge < -0.3 is 9.47 Å². The quantitative estimate of drug-likeness (QED) is 0.401. The molecular formula is C16H13F2IO3. The van der Waals surface area contributed by atoms with E-state index < -0.39 is 11.9 Å².